The fraction of sp³-hybridized carbons (Fsp3) is 0.571. The minimum atomic E-state index is -3.30. The van der Waals surface area contributed by atoms with Gasteiger partial charge in [0.25, 0.3) is 0 Å². The molecule has 0 saturated heterocycles. The molecule has 1 atom stereocenters. The van der Waals surface area contributed by atoms with E-state index in [2.05, 4.69) is 10.0 Å². The van der Waals surface area contributed by atoms with Gasteiger partial charge >= 0.3 is 0 Å². The summed E-state index contributed by atoms with van der Waals surface area (Å²) in [6.45, 7) is 2.49. The Hall–Kier alpha value is -0.980. The molecule has 2 rings (SSSR count). The second-order valence-electron chi connectivity index (χ2n) is 5.29. The molecule has 1 unspecified atom stereocenters. The van der Waals surface area contributed by atoms with Gasteiger partial charge in [-0.25, -0.2) is 17.5 Å². The van der Waals surface area contributed by atoms with Gasteiger partial charge in [0.2, 0.25) is 10.0 Å². The van der Waals surface area contributed by atoms with Crippen LogP contribution in [-0.4, -0.2) is 26.8 Å². The second-order valence-corrected chi connectivity index (χ2v) is 7.17. The molecule has 0 amide bonds. The predicted molar refractivity (Wildman–Crippen MR) is 77.4 cm³/mol. The molecular weight excluding hydrogens is 279 g/mol. The van der Waals surface area contributed by atoms with Crippen molar-refractivity contribution in [3.8, 4) is 0 Å². The van der Waals surface area contributed by atoms with Crippen molar-refractivity contribution in [2.24, 2.45) is 0 Å². The van der Waals surface area contributed by atoms with Gasteiger partial charge in [-0.2, -0.15) is 0 Å². The zero-order chi connectivity index (χ0) is 14.6. The van der Waals surface area contributed by atoms with Gasteiger partial charge in [0, 0.05) is 12.1 Å². The lowest BCUT2D eigenvalue weighted by Crippen LogP contribution is -2.30. The van der Waals surface area contributed by atoms with Crippen molar-refractivity contribution >= 4 is 10.0 Å². The highest BCUT2D eigenvalue weighted by Crippen LogP contribution is 2.18. The minimum Gasteiger partial charge on any atom is -0.314 e. The van der Waals surface area contributed by atoms with Crippen LogP contribution >= 0.6 is 0 Å². The number of sulfonamides is 1. The van der Waals surface area contributed by atoms with Crippen LogP contribution in [0.3, 0.4) is 0 Å². The molecule has 2 N–H and O–H groups in total. The van der Waals surface area contributed by atoms with E-state index in [-0.39, 0.29) is 17.6 Å². The van der Waals surface area contributed by atoms with E-state index in [0.29, 0.717) is 12.5 Å². The molecule has 0 bridgehead atoms. The highest BCUT2D eigenvalue weighted by atomic mass is 32.2. The monoisotopic (exact) mass is 300 g/mol. The summed E-state index contributed by atoms with van der Waals surface area (Å²) in [5.41, 5.74) is 0.756. The molecule has 0 radical (unpaired) electrons. The molecule has 0 aromatic heterocycles. The molecular formula is C14H21FN2O2S. The van der Waals surface area contributed by atoms with Crippen molar-refractivity contribution in [3.05, 3.63) is 35.6 Å². The predicted octanol–water partition coefficient (Wildman–Crippen LogP) is 1.95. The van der Waals surface area contributed by atoms with Gasteiger partial charge in [-0.1, -0.05) is 12.1 Å². The molecule has 20 heavy (non-hydrogen) atoms. The van der Waals surface area contributed by atoms with Gasteiger partial charge < -0.3 is 5.32 Å². The molecule has 4 nitrogen and oxygen atoms in total. The number of hydrogen-bond acceptors (Lipinski definition) is 3. The average Bonchev–Trinajstić information content (AvgIpc) is 3.19. The standard InChI is InChI=1S/C14H21FN2O2S/c1-11(12-3-5-13(15)6-4-12)17-20(18,19)10-2-9-16-14-7-8-14/h3-6,11,14,16-17H,2,7-10H2,1H3. The van der Waals surface area contributed by atoms with Crippen LogP contribution in [0.15, 0.2) is 24.3 Å². The van der Waals surface area contributed by atoms with Gasteiger partial charge in [0.05, 0.1) is 5.75 Å². The Morgan fingerprint density at radius 2 is 1.95 bits per heavy atom. The summed E-state index contributed by atoms with van der Waals surface area (Å²) in [6.07, 6.45) is 3.00. The summed E-state index contributed by atoms with van der Waals surface area (Å²) in [5.74, 6) is -0.215. The van der Waals surface area contributed by atoms with Crippen molar-refractivity contribution in [2.75, 3.05) is 12.3 Å². The largest absolute Gasteiger partial charge is 0.314 e. The number of benzene rings is 1. The van der Waals surface area contributed by atoms with Crippen LogP contribution in [0.2, 0.25) is 0 Å². The van der Waals surface area contributed by atoms with E-state index in [1.165, 1.54) is 25.0 Å². The van der Waals surface area contributed by atoms with Crippen LogP contribution in [0.5, 0.6) is 0 Å². The van der Waals surface area contributed by atoms with Crippen LogP contribution in [0, 0.1) is 5.82 Å². The third kappa shape index (κ3) is 5.19. The van der Waals surface area contributed by atoms with E-state index in [4.69, 9.17) is 0 Å². The Kier molecular flexibility index (Phi) is 5.12. The molecule has 1 fully saturated rings. The maximum Gasteiger partial charge on any atom is 0.212 e. The Balaban J connectivity index is 1.78. The molecule has 6 heteroatoms. The van der Waals surface area contributed by atoms with Crippen LogP contribution in [0.1, 0.15) is 37.8 Å². The van der Waals surface area contributed by atoms with Crippen LogP contribution in [0.25, 0.3) is 0 Å². The third-order valence-corrected chi connectivity index (χ3v) is 4.87. The highest BCUT2D eigenvalue weighted by molar-refractivity contribution is 7.89. The highest BCUT2D eigenvalue weighted by Gasteiger charge is 2.20. The summed E-state index contributed by atoms with van der Waals surface area (Å²) in [4.78, 5) is 0. The van der Waals surface area contributed by atoms with Gasteiger partial charge in [-0.05, 0) is 50.4 Å². The lowest BCUT2D eigenvalue weighted by atomic mass is 10.1. The fourth-order valence-corrected chi connectivity index (χ4v) is 3.32. The molecule has 1 aliphatic rings. The van der Waals surface area contributed by atoms with E-state index >= 15 is 0 Å². The first-order valence-electron chi connectivity index (χ1n) is 6.95. The van der Waals surface area contributed by atoms with Crippen LogP contribution < -0.4 is 10.0 Å². The van der Waals surface area contributed by atoms with Crippen LogP contribution in [0.4, 0.5) is 4.39 Å². The van der Waals surface area contributed by atoms with Crippen molar-refractivity contribution in [2.45, 2.75) is 38.3 Å². The maximum atomic E-state index is 12.8. The Morgan fingerprint density at radius 3 is 2.55 bits per heavy atom. The van der Waals surface area contributed by atoms with E-state index < -0.39 is 10.0 Å². The number of nitrogens with one attached hydrogen (secondary N) is 2. The Morgan fingerprint density at radius 1 is 1.30 bits per heavy atom. The van der Waals surface area contributed by atoms with E-state index in [0.717, 1.165) is 12.1 Å². The third-order valence-electron chi connectivity index (χ3n) is 3.33. The SMILES string of the molecule is CC(NS(=O)(=O)CCCNC1CC1)c1ccc(F)cc1. The van der Waals surface area contributed by atoms with Gasteiger partial charge in [0.1, 0.15) is 5.82 Å². The van der Waals surface area contributed by atoms with Crippen molar-refractivity contribution in [1.82, 2.24) is 10.0 Å². The lowest BCUT2D eigenvalue weighted by Gasteiger charge is -2.14. The Labute approximate surface area is 119 Å². The molecule has 0 heterocycles. The summed E-state index contributed by atoms with van der Waals surface area (Å²) >= 11 is 0. The molecule has 112 valence electrons. The van der Waals surface area contributed by atoms with E-state index in [9.17, 15) is 12.8 Å². The maximum absolute atomic E-state index is 12.8. The molecule has 1 aromatic rings. The quantitative estimate of drug-likeness (QED) is 0.722. The molecule has 1 aromatic carbocycles. The van der Waals surface area contributed by atoms with Crippen LogP contribution in [-0.2, 0) is 10.0 Å². The minimum absolute atomic E-state index is 0.109. The van der Waals surface area contributed by atoms with Crippen molar-refractivity contribution < 1.29 is 12.8 Å². The zero-order valence-corrected chi connectivity index (χ0v) is 12.4. The summed E-state index contributed by atoms with van der Waals surface area (Å²) in [5, 5.41) is 3.29. The van der Waals surface area contributed by atoms with E-state index in [1.807, 2.05) is 0 Å². The second kappa shape index (κ2) is 6.65. The number of hydrogen-bond donors (Lipinski definition) is 2. The summed E-state index contributed by atoms with van der Waals surface area (Å²) in [7, 11) is -3.30. The molecule has 0 spiro atoms. The first-order chi connectivity index (χ1) is 9.46. The van der Waals surface area contributed by atoms with Crippen molar-refractivity contribution in [3.63, 3.8) is 0 Å². The Bertz CT molecular complexity index is 527. The van der Waals surface area contributed by atoms with E-state index in [1.54, 1.807) is 19.1 Å². The fourth-order valence-electron chi connectivity index (χ4n) is 2.00. The van der Waals surface area contributed by atoms with Gasteiger partial charge in [-0.3, -0.25) is 0 Å². The molecule has 0 aliphatic heterocycles. The normalized spacial score (nSPS) is 17.1. The number of halogens is 1. The molecule has 1 saturated carbocycles. The van der Waals surface area contributed by atoms with Gasteiger partial charge in [0.15, 0.2) is 0 Å². The molecule has 1 aliphatic carbocycles. The number of rotatable bonds is 8. The topological polar surface area (TPSA) is 58.2 Å². The average molecular weight is 300 g/mol. The zero-order valence-electron chi connectivity index (χ0n) is 11.6. The van der Waals surface area contributed by atoms with Gasteiger partial charge in [-0.15, -0.1) is 0 Å². The first kappa shape index (κ1) is 15.4. The lowest BCUT2D eigenvalue weighted by molar-refractivity contribution is 0.560. The summed E-state index contributed by atoms with van der Waals surface area (Å²) in [6, 6.07) is 6.11. The van der Waals surface area contributed by atoms with Crippen molar-refractivity contribution in [1.29, 1.82) is 0 Å². The summed E-state index contributed by atoms with van der Waals surface area (Å²) < 4.78 is 39.3. The first-order valence-corrected chi connectivity index (χ1v) is 8.60. The smallest absolute Gasteiger partial charge is 0.212 e.